The molecule has 0 spiro atoms. The van der Waals surface area contributed by atoms with Gasteiger partial charge in [0.05, 0.1) is 19.2 Å². The van der Waals surface area contributed by atoms with Crippen molar-refractivity contribution in [2.45, 2.75) is 31.6 Å². The van der Waals surface area contributed by atoms with Crippen LogP contribution >= 0.6 is 0 Å². The smallest absolute Gasteiger partial charge is 0.416 e. The van der Waals surface area contributed by atoms with Crippen molar-refractivity contribution in [1.82, 2.24) is 4.90 Å². The SMILES string of the molecule is COc1ccccc1CN(C(=O)Nc1ccc(C(F)(F)F)cc1)C1CC1. The topological polar surface area (TPSA) is 41.6 Å². The molecule has 2 amide bonds. The predicted molar refractivity (Wildman–Crippen MR) is 92.0 cm³/mol. The average molecular weight is 364 g/mol. The van der Waals surface area contributed by atoms with Crippen LogP contribution in [0.15, 0.2) is 48.5 Å². The van der Waals surface area contributed by atoms with Crippen molar-refractivity contribution in [1.29, 1.82) is 0 Å². The molecule has 1 aliphatic rings. The minimum absolute atomic E-state index is 0.134. The fourth-order valence-corrected chi connectivity index (χ4v) is 2.71. The van der Waals surface area contributed by atoms with E-state index in [0.717, 1.165) is 30.5 Å². The molecule has 2 aromatic carbocycles. The first-order valence-electron chi connectivity index (χ1n) is 8.25. The van der Waals surface area contributed by atoms with Crippen molar-refractivity contribution >= 4 is 11.7 Å². The van der Waals surface area contributed by atoms with E-state index in [0.29, 0.717) is 18.0 Å². The number of halogens is 3. The number of anilines is 1. The Morgan fingerprint density at radius 1 is 1.15 bits per heavy atom. The highest BCUT2D eigenvalue weighted by atomic mass is 19.4. The second-order valence-corrected chi connectivity index (χ2v) is 6.18. The lowest BCUT2D eigenvalue weighted by Gasteiger charge is -2.24. The molecule has 0 aliphatic heterocycles. The largest absolute Gasteiger partial charge is 0.496 e. The zero-order chi connectivity index (χ0) is 18.7. The molecule has 0 atom stereocenters. The maximum absolute atomic E-state index is 12.6. The number of ether oxygens (including phenoxy) is 1. The molecule has 3 rings (SSSR count). The fourth-order valence-electron chi connectivity index (χ4n) is 2.71. The van der Waals surface area contributed by atoms with Gasteiger partial charge in [0, 0.05) is 17.3 Å². The van der Waals surface area contributed by atoms with Gasteiger partial charge in [-0.15, -0.1) is 0 Å². The van der Waals surface area contributed by atoms with Gasteiger partial charge in [-0.1, -0.05) is 18.2 Å². The van der Waals surface area contributed by atoms with E-state index < -0.39 is 11.7 Å². The average Bonchev–Trinajstić information content (AvgIpc) is 3.44. The van der Waals surface area contributed by atoms with Crippen LogP contribution in [0.2, 0.25) is 0 Å². The first-order chi connectivity index (χ1) is 12.4. The molecular weight excluding hydrogens is 345 g/mol. The van der Waals surface area contributed by atoms with E-state index in [-0.39, 0.29) is 12.1 Å². The monoisotopic (exact) mass is 364 g/mol. The number of nitrogens with one attached hydrogen (secondary N) is 1. The Kier molecular flexibility index (Phi) is 5.06. The minimum Gasteiger partial charge on any atom is -0.496 e. The summed E-state index contributed by atoms with van der Waals surface area (Å²) in [6.45, 7) is 0.376. The summed E-state index contributed by atoms with van der Waals surface area (Å²) in [5.41, 5.74) is 0.460. The summed E-state index contributed by atoms with van der Waals surface area (Å²) in [5, 5.41) is 2.68. The molecule has 0 aromatic heterocycles. The lowest BCUT2D eigenvalue weighted by molar-refractivity contribution is -0.137. The number of hydrogen-bond donors (Lipinski definition) is 1. The van der Waals surface area contributed by atoms with Crippen LogP contribution in [-0.4, -0.2) is 24.1 Å². The third-order valence-corrected chi connectivity index (χ3v) is 4.25. The van der Waals surface area contributed by atoms with Crippen LogP contribution in [0.4, 0.5) is 23.7 Å². The summed E-state index contributed by atoms with van der Waals surface area (Å²) >= 11 is 0. The van der Waals surface area contributed by atoms with Gasteiger partial charge >= 0.3 is 12.2 Å². The summed E-state index contributed by atoms with van der Waals surface area (Å²) in [5.74, 6) is 0.695. The lowest BCUT2D eigenvalue weighted by Crippen LogP contribution is -2.36. The Balaban J connectivity index is 1.71. The number of nitrogens with zero attached hydrogens (tertiary/aromatic N) is 1. The summed E-state index contributed by atoms with van der Waals surface area (Å²) in [6, 6.07) is 11.7. The van der Waals surface area contributed by atoms with Gasteiger partial charge in [0.25, 0.3) is 0 Å². The number of hydrogen-bond acceptors (Lipinski definition) is 2. The van der Waals surface area contributed by atoms with Crippen molar-refractivity contribution in [3.63, 3.8) is 0 Å². The third kappa shape index (κ3) is 4.28. The summed E-state index contributed by atoms with van der Waals surface area (Å²) < 4.78 is 43.2. The quantitative estimate of drug-likeness (QED) is 0.819. The maximum atomic E-state index is 12.6. The minimum atomic E-state index is -4.40. The molecule has 0 unspecified atom stereocenters. The highest BCUT2D eigenvalue weighted by Crippen LogP contribution is 2.32. The van der Waals surface area contributed by atoms with Crippen LogP contribution in [0.1, 0.15) is 24.0 Å². The highest BCUT2D eigenvalue weighted by molar-refractivity contribution is 5.89. The predicted octanol–water partition coefficient (Wildman–Crippen LogP) is 4.91. The van der Waals surface area contributed by atoms with E-state index in [9.17, 15) is 18.0 Å². The molecule has 0 saturated heterocycles. The summed E-state index contributed by atoms with van der Waals surface area (Å²) in [6.07, 6.45) is -2.57. The van der Waals surface area contributed by atoms with Crippen molar-refractivity contribution in [2.75, 3.05) is 12.4 Å². The van der Waals surface area contributed by atoms with Crippen molar-refractivity contribution in [3.05, 3.63) is 59.7 Å². The Hall–Kier alpha value is -2.70. The first kappa shape index (κ1) is 18.1. The Labute approximate surface area is 149 Å². The molecule has 0 radical (unpaired) electrons. The number of rotatable bonds is 5. The molecule has 0 heterocycles. The van der Waals surface area contributed by atoms with Crippen LogP contribution < -0.4 is 10.1 Å². The molecule has 138 valence electrons. The molecule has 1 N–H and O–H groups in total. The number of carbonyl (C=O) groups is 1. The van der Waals surface area contributed by atoms with Crippen LogP contribution in [0.5, 0.6) is 5.75 Å². The summed E-state index contributed by atoms with van der Waals surface area (Å²) in [7, 11) is 1.57. The van der Waals surface area contributed by atoms with Crippen molar-refractivity contribution in [2.24, 2.45) is 0 Å². The van der Waals surface area contributed by atoms with E-state index >= 15 is 0 Å². The molecule has 1 aliphatic carbocycles. The van der Waals surface area contributed by atoms with Crippen LogP contribution in [-0.2, 0) is 12.7 Å². The highest BCUT2D eigenvalue weighted by Gasteiger charge is 2.33. The van der Waals surface area contributed by atoms with Gasteiger partial charge in [0.2, 0.25) is 0 Å². The third-order valence-electron chi connectivity index (χ3n) is 4.25. The van der Waals surface area contributed by atoms with E-state index in [2.05, 4.69) is 5.32 Å². The molecule has 0 bridgehead atoms. The Morgan fingerprint density at radius 2 is 1.81 bits per heavy atom. The van der Waals surface area contributed by atoms with Crippen LogP contribution in [0.3, 0.4) is 0 Å². The van der Waals surface area contributed by atoms with Crippen LogP contribution in [0, 0.1) is 0 Å². The Morgan fingerprint density at radius 3 is 2.38 bits per heavy atom. The Bertz CT molecular complexity index is 771. The molecule has 26 heavy (non-hydrogen) atoms. The van der Waals surface area contributed by atoms with E-state index in [4.69, 9.17) is 4.74 Å². The molecule has 1 saturated carbocycles. The lowest BCUT2D eigenvalue weighted by atomic mass is 10.2. The second kappa shape index (κ2) is 7.27. The number of benzene rings is 2. The van der Waals surface area contributed by atoms with E-state index in [1.165, 1.54) is 12.1 Å². The molecule has 2 aromatic rings. The van der Waals surface area contributed by atoms with Gasteiger partial charge in [-0.3, -0.25) is 0 Å². The van der Waals surface area contributed by atoms with Gasteiger partial charge in [-0.2, -0.15) is 13.2 Å². The number of amides is 2. The maximum Gasteiger partial charge on any atom is 0.416 e. The molecule has 7 heteroatoms. The molecule has 4 nitrogen and oxygen atoms in total. The molecular formula is C19H19F3N2O2. The molecule has 1 fully saturated rings. The van der Waals surface area contributed by atoms with Crippen molar-refractivity contribution < 1.29 is 22.7 Å². The fraction of sp³-hybridized carbons (Fsp3) is 0.316. The zero-order valence-electron chi connectivity index (χ0n) is 14.2. The first-order valence-corrected chi connectivity index (χ1v) is 8.25. The van der Waals surface area contributed by atoms with Gasteiger partial charge in [0.1, 0.15) is 5.75 Å². The number of para-hydroxylation sites is 1. The van der Waals surface area contributed by atoms with E-state index in [1.54, 1.807) is 12.0 Å². The number of carbonyl (C=O) groups excluding carboxylic acids is 1. The standard InChI is InChI=1S/C19H19F3N2O2/c1-26-17-5-3-2-4-13(17)12-24(16-10-11-16)18(25)23-15-8-6-14(7-9-15)19(20,21)22/h2-9,16H,10-12H2,1H3,(H,23,25). The zero-order valence-corrected chi connectivity index (χ0v) is 14.2. The normalized spacial score (nSPS) is 14.0. The number of methoxy groups -OCH3 is 1. The van der Waals surface area contributed by atoms with Crippen molar-refractivity contribution in [3.8, 4) is 5.75 Å². The number of alkyl halides is 3. The van der Waals surface area contributed by atoms with Gasteiger partial charge in [0.15, 0.2) is 0 Å². The van der Waals surface area contributed by atoms with E-state index in [1.807, 2.05) is 24.3 Å². The second-order valence-electron chi connectivity index (χ2n) is 6.18. The number of urea groups is 1. The van der Waals surface area contributed by atoms with Gasteiger partial charge in [-0.05, 0) is 43.2 Å². The summed E-state index contributed by atoms with van der Waals surface area (Å²) in [4.78, 5) is 14.3. The van der Waals surface area contributed by atoms with Crippen LogP contribution in [0.25, 0.3) is 0 Å². The van der Waals surface area contributed by atoms with Gasteiger partial charge in [-0.25, -0.2) is 4.79 Å². The van der Waals surface area contributed by atoms with Gasteiger partial charge < -0.3 is 15.0 Å².